The molecule has 0 radical (unpaired) electrons. The van der Waals surface area contributed by atoms with Gasteiger partial charge >= 0.3 is 6.18 Å². The lowest BCUT2D eigenvalue weighted by atomic mass is 9.76. The molecule has 1 aliphatic heterocycles. The van der Waals surface area contributed by atoms with Gasteiger partial charge in [0.1, 0.15) is 5.82 Å². The lowest BCUT2D eigenvalue weighted by Gasteiger charge is -2.31. The second kappa shape index (κ2) is 7.01. The van der Waals surface area contributed by atoms with Crippen LogP contribution in [0.5, 0.6) is 0 Å². The number of hydrogen-bond acceptors (Lipinski definition) is 3. The van der Waals surface area contributed by atoms with Gasteiger partial charge in [-0.2, -0.15) is 13.2 Å². The number of nitrogens with zero attached hydrogens (tertiary/aromatic N) is 1. The van der Waals surface area contributed by atoms with Crippen molar-refractivity contribution in [2.75, 3.05) is 5.32 Å². The van der Waals surface area contributed by atoms with E-state index in [0.717, 1.165) is 17.8 Å². The standard InChI is InChI=1S/C23H18F3N3O2/c24-23(25,26)14-11-9-13(10-12-14)18-19-16(7-4-8-17(19)30)27-21-20(18)22(31)29(28-21)15-5-2-1-3-6-15/h1-3,5-6,9-12,18,27-28H,4,7-8H2/t18-/m1/s1. The van der Waals surface area contributed by atoms with Crippen molar-refractivity contribution in [3.63, 3.8) is 0 Å². The van der Waals surface area contributed by atoms with E-state index in [9.17, 15) is 22.8 Å². The SMILES string of the molecule is O=C1CCCC2=C1[C@@H](c1ccc(C(F)(F)F)cc1)c1c([nH]n(-c3ccccc3)c1=O)N2. The Morgan fingerprint density at radius 3 is 2.32 bits per heavy atom. The highest BCUT2D eigenvalue weighted by Crippen LogP contribution is 2.44. The predicted octanol–water partition coefficient (Wildman–Crippen LogP) is 4.75. The average molecular weight is 425 g/mol. The first-order valence-corrected chi connectivity index (χ1v) is 9.95. The van der Waals surface area contributed by atoms with Crippen LogP contribution in [0.25, 0.3) is 5.69 Å². The molecule has 31 heavy (non-hydrogen) atoms. The summed E-state index contributed by atoms with van der Waals surface area (Å²) in [6.07, 6.45) is -2.79. The molecule has 2 aromatic carbocycles. The number of ketones is 1. The number of rotatable bonds is 2. The fraction of sp³-hybridized carbons (Fsp3) is 0.217. The van der Waals surface area contributed by atoms with E-state index in [-0.39, 0.29) is 11.3 Å². The van der Waals surface area contributed by atoms with Gasteiger partial charge in [-0.1, -0.05) is 30.3 Å². The number of aromatic amines is 1. The number of para-hydroxylation sites is 1. The van der Waals surface area contributed by atoms with Crippen molar-refractivity contribution in [2.24, 2.45) is 0 Å². The molecule has 0 fully saturated rings. The van der Waals surface area contributed by atoms with Crippen LogP contribution in [0, 0.1) is 0 Å². The number of benzene rings is 2. The third kappa shape index (κ3) is 3.19. The smallest absolute Gasteiger partial charge is 0.343 e. The highest BCUT2D eigenvalue weighted by atomic mass is 19.4. The van der Waals surface area contributed by atoms with Crippen LogP contribution in [0.4, 0.5) is 19.0 Å². The summed E-state index contributed by atoms with van der Waals surface area (Å²) in [5, 5.41) is 6.27. The summed E-state index contributed by atoms with van der Waals surface area (Å²) < 4.78 is 40.6. The molecule has 2 heterocycles. The van der Waals surface area contributed by atoms with Crippen LogP contribution in [0.3, 0.4) is 0 Å². The number of anilines is 1. The van der Waals surface area contributed by atoms with Crippen molar-refractivity contribution in [2.45, 2.75) is 31.4 Å². The Hall–Kier alpha value is -3.55. The number of hydrogen-bond donors (Lipinski definition) is 2. The Labute approximate surface area is 175 Å². The van der Waals surface area contributed by atoms with Gasteiger partial charge in [0.2, 0.25) is 0 Å². The summed E-state index contributed by atoms with van der Waals surface area (Å²) >= 11 is 0. The van der Waals surface area contributed by atoms with Gasteiger partial charge in [0.05, 0.1) is 16.8 Å². The minimum atomic E-state index is -4.46. The minimum Gasteiger partial charge on any atom is -0.343 e. The number of nitrogens with one attached hydrogen (secondary N) is 2. The highest BCUT2D eigenvalue weighted by Gasteiger charge is 2.39. The number of fused-ring (bicyclic) bond motifs is 1. The molecule has 5 rings (SSSR count). The fourth-order valence-corrected chi connectivity index (χ4v) is 4.39. The van der Waals surface area contributed by atoms with Gasteiger partial charge in [-0.15, -0.1) is 0 Å². The first kappa shape index (κ1) is 19.4. The number of Topliss-reactive ketones (excluding diaryl/α,β-unsaturated/α-hetero) is 1. The Kier molecular flexibility index (Phi) is 4.39. The highest BCUT2D eigenvalue weighted by molar-refractivity contribution is 6.00. The number of H-pyrrole nitrogens is 1. The van der Waals surface area contributed by atoms with Crippen LogP contribution in [0.1, 0.15) is 41.9 Å². The van der Waals surface area contributed by atoms with Gasteiger partial charge in [-0.3, -0.25) is 14.7 Å². The molecule has 1 atom stereocenters. The van der Waals surface area contributed by atoms with Crippen molar-refractivity contribution in [1.82, 2.24) is 9.78 Å². The average Bonchev–Trinajstić information content (AvgIpc) is 3.09. The zero-order valence-electron chi connectivity index (χ0n) is 16.3. The molecule has 0 bridgehead atoms. The van der Waals surface area contributed by atoms with Crippen LogP contribution in [0.15, 0.2) is 70.7 Å². The normalized spacial score (nSPS) is 18.4. The van der Waals surface area contributed by atoms with Crippen LogP contribution in [-0.2, 0) is 11.0 Å². The molecule has 3 aromatic rings. The molecule has 1 aliphatic carbocycles. The van der Waals surface area contributed by atoms with Crippen LogP contribution in [-0.4, -0.2) is 15.6 Å². The van der Waals surface area contributed by atoms with Gasteiger partial charge in [0.25, 0.3) is 5.56 Å². The number of halogens is 3. The topological polar surface area (TPSA) is 66.9 Å². The summed E-state index contributed by atoms with van der Waals surface area (Å²) in [5.74, 6) is -0.349. The van der Waals surface area contributed by atoms with Crippen molar-refractivity contribution < 1.29 is 18.0 Å². The van der Waals surface area contributed by atoms with Gasteiger partial charge in [-0.05, 0) is 42.7 Å². The molecule has 0 unspecified atom stereocenters. The zero-order chi connectivity index (χ0) is 21.8. The van der Waals surface area contributed by atoms with E-state index in [1.807, 2.05) is 6.07 Å². The lowest BCUT2D eigenvalue weighted by molar-refractivity contribution is -0.137. The van der Waals surface area contributed by atoms with Crippen LogP contribution >= 0.6 is 0 Å². The molecule has 1 aromatic heterocycles. The second-order valence-electron chi connectivity index (χ2n) is 7.72. The van der Waals surface area contributed by atoms with Gasteiger partial charge in [-0.25, -0.2) is 4.68 Å². The molecule has 0 spiro atoms. The van der Waals surface area contributed by atoms with Crippen molar-refractivity contribution >= 4 is 11.6 Å². The molecule has 0 saturated heterocycles. The maximum atomic E-state index is 13.4. The first-order valence-electron chi connectivity index (χ1n) is 9.95. The molecule has 5 nitrogen and oxygen atoms in total. The number of carbonyl (C=O) groups excluding carboxylic acids is 1. The van der Waals surface area contributed by atoms with E-state index in [4.69, 9.17) is 0 Å². The van der Waals surface area contributed by atoms with Crippen LogP contribution in [0.2, 0.25) is 0 Å². The Morgan fingerprint density at radius 2 is 1.65 bits per heavy atom. The zero-order valence-corrected chi connectivity index (χ0v) is 16.3. The molecular formula is C23H18F3N3O2. The van der Waals surface area contributed by atoms with Crippen LogP contribution < -0.4 is 10.9 Å². The largest absolute Gasteiger partial charge is 0.416 e. The van der Waals surface area contributed by atoms with E-state index in [1.54, 1.807) is 24.3 Å². The maximum Gasteiger partial charge on any atom is 0.416 e. The van der Waals surface area contributed by atoms with Gasteiger partial charge < -0.3 is 5.32 Å². The summed E-state index contributed by atoms with van der Waals surface area (Å²) in [7, 11) is 0. The van der Waals surface area contributed by atoms with Crippen molar-refractivity contribution in [3.8, 4) is 5.69 Å². The first-order chi connectivity index (χ1) is 14.8. The Bertz CT molecular complexity index is 1250. The Balaban J connectivity index is 1.70. The predicted molar refractivity (Wildman–Crippen MR) is 109 cm³/mol. The summed E-state index contributed by atoms with van der Waals surface area (Å²) in [4.78, 5) is 26.2. The number of alkyl halides is 3. The summed E-state index contributed by atoms with van der Waals surface area (Å²) in [6.45, 7) is 0. The summed E-state index contributed by atoms with van der Waals surface area (Å²) in [6, 6.07) is 13.7. The molecule has 0 saturated carbocycles. The number of allylic oxidation sites excluding steroid dienone is 2. The minimum absolute atomic E-state index is 0.0869. The Morgan fingerprint density at radius 1 is 0.935 bits per heavy atom. The second-order valence-corrected chi connectivity index (χ2v) is 7.72. The van der Waals surface area contributed by atoms with E-state index in [1.165, 1.54) is 16.8 Å². The lowest BCUT2D eigenvalue weighted by Crippen LogP contribution is -2.30. The van der Waals surface area contributed by atoms with Crippen molar-refractivity contribution in [3.05, 3.63) is 92.9 Å². The van der Waals surface area contributed by atoms with Crippen molar-refractivity contribution in [1.29, 1.82) is 0 Å². The van der Waals surface area contributed by atoms with E-state index < -0.39 is 17.7 Å². The quantitative estimate of drug-likeness (QED) is 0.623. The molecule has 0 amide bonds. The van der Waals surface area contributed by atoms with Gasteiger partial charge in [0.15, 0.2) is 5.78 Å². The third-order valence-corrected chi connectivity index (χ3v) is 5.82. The molecule has 8 heteroatoms. The number of aromatic nitrogens is 2. The van der Waals surface area contributed by atoms with E-state index in [2.05, 4.69) is 10.4 Å². The fourth-order valence-electron chi connectivity index (χ4n) is 4.39. The maximum absolute atomic E-state index is 13.4. The molecule has 2 aliphatic rings. The number of carbonyl (C=O) groups is 1. The summed E-state index contributed by atoms with van der Waals surface area (Å²) in [5.41, 5.74) is 1.50. The third-order valence-electron chi connectivity index (χ3n) is 5.82. The molecular weight excluding hydrogens is 407 g/mol. The monoisotopic (exact) mass is 425 g/mol. The van der Waals surface area contributed by atoms with E-state index in [0.29, 0.717) is 47.5 Å². The van der Waals surface area contributed by atoms with E-state index >= 15 is 0 Å². The van der Waals surface area contributed by atoms with Gasteiger partial charge in [0, 0.05) is 23.6 Å². The molecule has 158 valence electrons. The molecule has 2 N–H and O–H groups in total.